The van der Waals surface area contributed by atoms with E-state index in [4.69, 9.17) is 14.9 Å². The molecule has 1 aromatic heterocycles. The molecule has 3 N–H and O–H groups in total. The van der Waals surface area contributed by atoms with Crippen molar-refractivity contribution in [2.45, 2.75) is 6.54 Å². The molecule has 0 saturated carbocycles. The molecule has 0 radical (unpaired) electrons. The summed E-state index contributed by atoms with van der Waals surface area (Å²) in [7, 11) is 1.54. The zero-order valence-electron chi connectivity index (χ0n) is 9.97. The molecule has 0 saturated heterocycles. The predicted octanol–water partition coefficient (Wildman–Crippen LogP) is 2.00. The average Bonchev–Trinajstić information content (AvgIpc) is 2.93. The molecule has 0 unspecified atom stereocenters. The van der Waals surface area contributed by atoms with Crippen LogP contribution in [0.3, 0.4) is 0 Å². The van der Waals surface area contributed by atoms with Gasteiger partial charge in [-0.25, -0.2) is 0 Å². The number of furan rings is 1. The lowest BCUT2D eigenvalue weighted by atomic mass is 10.2. The fourth-order valence-electron chi connectivity index (χ4n) is 1.55. The molecular formula is C13H14N2O3. The number of carbonyl (C=O) groups excluding carboxylic acids is 1. The van der Waals surface area contributed by atoms with Gasteiger partial charge in [0.05, 0.1) is 24.6 Å². The minimum absolute atomic E-state index is 0.248. The van der Waals surface area contributed by atoms with Gasteiger partial charge in [-0.15, -0.1) is 0 Å². The van der Waals surface area contributed by atoms with Crippen LogP contribution in [-0.4, -0.2) is 13.0 Å². The van der Waals surface area contributed by atoms with Gasteiger partial charge in [0.2, 0.25) is 0 Å². The van der Waals surface area contributed by atoms with Crippen LogP contribution in [0.4, 0.5) is 5.69 Å². The maximum absolute atomic E-state index is 11.8. The van der Waals surface area contributed by atoms with Crippen molar-refractivity contribution in [2.75, 3.05) is 12.4 Å². The van der Waals surface area contributed by atoms with E-state index in [1.54, 1.807) is 25.3 Å². The summed E-state index contributed by atoms with van der Waals surface area (Å²) in [5, 5.41) is 2.75. The van der Waals surface area contributed by atoms with Gasteiger partial charge in [-0.1, -0.05) is 6.07 Å². The Bertz CT molecular complexity index is 535. The molecule has 0 fully saturated rings. The summed E-state index contributed by atoms with van der Waals surface area (Å²) >= 11 is 0. The van der Waals surface area contributed by atoms with Gasteiger partial charge in [0.25, 0.3) is 5.91 Å². The van der Waals surface area contributed by atoms with E-state index >= 15 is 0 Å². The Balaban J connectivity index is 2.21. The van der Waals surface area contributed by atoms with Crippen molar-refractivity contribution in [3.05, 3.63) is 47.9 Å². The molecule has 2 rings (SSSR count). The summed E-state index contributed by atoms with van der Waals surface area (Å²) in [5.41, 5.74) is 7.54. The van der Waals surface area contributed by atoms with E-state index in [9.17, 15) is 4.79 Å². The number of anilines is 1. The van der Waals surface area contributed by atoms with Crippen molar-refractivity contribution >= 4 is 11.6 Å². The molecule has 1 amide bonds. The number of methoxy groups -OCH3 is 1. The first-order valence-electron chi connectivity index (χ1n) is 5.45. The molecule has 2 aromatic rings. The number of rotatable bonds is 4. The van der Waals surface area contributed by atoms with Gasteiger partial charge >= 0.3 is 0 Å². The van der Waals surface area contributed by atoms with E-state index in [2.05, 4.69) is 5.32 Å². The van der Waals surface area contributed by atoms with E-state index in [0.717, 1.165) is 5.56 Å². The lowest BCUT2D eigenvalue weighted by Crippen LogP contribution is -2.12. The highest BCUT2D eigenvalue weighted by Gasteiger charge is 2.10. The molecule has 18 heavy (non-hydrogen) atoms. The summed E-state index contributed by atoms with van der Waals surface area (Å²) in [6.45, 7) is 0.423. The number of nitrogens with one attached hydrogen (secondary N) is 1. The fourth-order valence-corrected chi connectivity index (χ4v) is 1.55. The highest BCUT2D eigenvalue weighted by molar-refractivity contribution is 6.04. The number of benzene rings is 1. The number of nitrogens with two attached hydrogens (primary N) is 1. The second-order valence-corrected chi connectivity index (χ2v) is 3.70. The van der Waals surface area contributed by atoms with Crippen LogP contribution in [0.1, 0.15) is 15.9 Å². The topological polar surface area (TPSA) is 77.5 Å². The third-order valence-electron chi connectivity index (χ3n) is 2.53. The van der Waals surface area contributed by atoms with Gasteiger partial charge < -0.3 is 20.2 Å². The van der Waals surface area contributed by atoms with Crippen molar-refractivity contribution in [3.8, 4) is 5.75 Å². The molecule has 0 atom stereocenters. The van der Waals surface area contributed by atoms with Crippen molar-refractivity contribution < 1.29 is 13.9 Å². The normalized spacial score (nSPS) is 10.1. The lowest BCUT2D eigenvalue weighted by Gasteiger charge is -2.10. The predicted molar refractivity (Wildman–Crippen MR) is 67.5 cm³/mol. The second-order valence-electron chi connectivity index (χ2n) is 3.70. The maximum Gasteiger partial charge on any atom is 0.259 e. The highest BCUT2D eigenvalue weighted by Crippen LogP contribution is 2.26. The quantitative estimate of drug-likeness (QED) is 0.864. The number of carbonyl (C=O) groups is 1. The Morgan fingerprint density at radius 2 is 2.28 bits per heavy atom. The summed E-state index contributed by atoms with van der Waals surface area (Å²) in [5.74, 6) is 0.331. The van der Waals surface area contributed by atoms with Crippen molar-refractivity contribution in [1.82, 2.24) is 0 Å². The molecule has 0 aliphatic rings. The third-order valence-corrected chi connectivity index (χ3v) is 2.53. The first kappa shape index (κ1) is 12.2. The van der Waals surface area contributed by atoms with Gasteiger partial charge in [-0.3, -0.25) is 4.79 Å². The Morgan fingerprint density at radius 3 is 2.89 bits per heavy atom. The summed E-state index contributed by atoms with van der Waals surface area (Å²) in [6, 6.07) is 6.99. The van der Waals surface area contributed by atoms with Crippen molar-refractivity contribution in [1.29, 1.82) is 0 Å². The maximum atomic E-state index is 11.8. The SMILES string of the molecule is COc1cc(CN)ccc1NC(=O)c1ccoc1. The van der Waals surface area contributed by atoms with Gasteiger partial charge in [-0.2, -0.15) is 0 Å². The molecule has 0 bridgehead atoms. The van der Waals surface area contributed by atoms with E-state index < -0.39 is 0 Å². The number of hydrogen-bond donors (Lipinski definition) is 2. The van der Waals surface area contributed by atoms with Crippen LogP contribution >= 0.6 is 0 Å². The minimum atomic E-state index is -0.248. The molecule has 5 nitrogen and oxygen atoms in total. The smallest absolute Gasteiger partial charge is 0.259 e. The van der Waals surface area contributed by atoms with Crippen LogP contribution in [0, 0.1) is 0 Å². The zero-order chi connectivity index (χ0) is 13.0. The van der Waals surface area contributed by atoms with Crippen molar-refractivity contribution in [3.63, 3.8) is 0 Å². The van der Waals surface area contributed by atoms with E-state index in [0.29, 0.717) is 23.5 Å². The van der Waals surface area contributed by atoms with Gasteiger partial charge in [0.15, 0.2) is 0 Å². The van der Waals surface area contributed by atoms with E-state index in [1.807, 2.05) is 6.07 Å². The molecule has 0 spiro atoms. The molecule has 0 aliphatic heterocycles. The first-order valence-corrected chi connectivity index (χ1v) is 5.45. The van der Waals surface area contributed by atoms with E-state index in [-0.39, 0.29) is 5.91 Å². The monoisotopic (exact) mass is 246 g/mol. The molecule has 94 valence electrons. The Kier molecular flexibility index (Phi) is 3.64. The van der Waals surface area contributed by atoms with E-state index in [1.165, 1.54) is 12.5 Å². The highest BCUT2D eigenvalue weighted by atomic mass is 16.5. The van der Waals surface area contributed by atoms with Crippen LogP contribution in [0.15, 0.2) is 41.2 Å². The Morgan fingerprint density at radius 1 is 1.44 bits per heavy atom. The standard InChI is InChI=1S/C13H14N2O3/c1-17-12-6-9(7-14)2-3-11(12)15-13(16)10-4-5-18-8-10/h2-6,8H,7,14H2,1H3,(H,15,16). The largest absolute Gasteiger partial charge is 0.495 e. The Hall–Kier alpha value is -2.27. The molecular weight excluding hydrogens is 232 g/mol. The van der Waals surface area contributed by atoms with Crippen LogP contribution in [0.5, 0.6) is 5.75 Å². The fraction of sp³-hybridized carbons (Fsp3) is 0.154. The number of ether oxygens (including phenoxy) is 1. The molecule has 5 heteroatoms. The van der Waals surface area contributed by atoms with Gasteiger partial charge in [-0.05, 0) is 23.8 Å². The van der Waals surface area contributed by atoms with Crippen LogP contribution < -0.4 is 15.8 Å². The lowest BCUT2D eigenvalue weighted by molar-refractivity contribution is 0.102. The second kappa shape index (κ2) is 5.37. The van der Waals surface area contributed by atoms with Gasteiger partial charge in [0.1, 0.15) is 12.0 Å². The molecule has 1 heterocycles. The van der Waals surface area contributed by atoms with Crippen LogP contribution in [-0.2, 0) is 6.54 Å². The Labute approximate surface area is 105 Å². The molecule has 0 aliphatic carbocycles. The number of amides is 1. The first-order chi connectivity index (χ1) is 8.74. The van der Waals surface area contributed by atoms with Crippen LogP contribution in [0.2, 0.25) is 0 Å². The summed E-state index contributed by atoms with van der Waals surface area (Å²) in [4.78, 5) is 11.8. The number of hydrogen-bond acceptors (Lipinski definition) is 4. The van der Waals surface area contributed by atoms with Crippen LogP contribution in [0.25, 0.3) is 0 Å². The average molecular weight is 246 g/mol. The third kappa shape index (κ3) is 2.52. The summed E-state index contributed by atoms with van der Waals surface area (Å²) in [6.07, 6.45) is 2.83. The zero-order valence-corrected chi connectivity index (χ0v) is 9.97. The van der Waals surface area contributed by atoms with Gasteiger partial charge in [0, 0.05) is 6.54 Å². The molecule has 1 aromatic carbocycles. The summed E-state index contributed by atoms with van der Waals surface area (Å²) < 4.78 is 10.1. The minimum Gasteiger partial charge on any atom is -0.495 e. The van der Waals surface area contributed by atoms with Crippen molar-refractivity contribution in [2.24, 2.45) is 5.73 Å².